The van der Waals surface area contributed by atoms with Crippen LogP contribution in [0.3, 0.4) is 0 Å². The number of aromatic nitrogens is 3. The Labute approximate surface area is 254 Å². The van der Waals surface area contributed by atoms with E-state index in [2.05, 4.69) is 9.47 Å². The van der Waals surface area contributed by atoms with Gasteiger partial charge in [0, 0.05) is 34.9 Å². The third-order valence-electron chi connectivity index (χ3n) is 9.01. The number of ether oxygens (including phenoxy) is 2. The van der Waals surface area contributed by atoms with Gasteiger partial charge in [-0.15, -0.1) is 0 Å². The van der Waals surface area contributed by atoms with Crippen LogP contribution < -0.4 is 4.74 Å². The molecule has 8 nitrogen and oxygen atoms in total. The van der Waals surface area contributed by atoms with E-state index in [1.807, 2.05) is 24.3 Å². The van der Waals surface area contributed by atoms with Crippen molar-refractivity contribution in [2.75, 3.05) is 19.7 Å². The monoisotopic (exact) mass is 604 g/mol. The molecule has 1 saturated carbocycles. The summed E-state index contributed by atoms with van der Waals surface area (Å²) in [6.45, 7) is 3.37. The molecule has 4 aromatic rings. The van der Waals surface area contributed by atoms with Crippen molar-refractivity contribution in [2.24, 2.45) is 5.92 Å². The Bertz CT molecular complexity index is 1650. The molecule has 2 aromatic heterocycles. The molecular weight excluding hydrogens is 571 g/mol. The van der Waals surface area contributed by atoms with Gasteiger partial charge in [0.1, 0.15) is 18.2 Å². The second-order valence-electron chi connectivity index (χ2n) is 11.9. The molecule has 0 amide bonds. The van der Waals surface area contributed by atoms with E-state index in [1.165, 1.54) is 18.9 Å². The average molecular weight is 605 g/mol. The first-order valence-corrected chi connectivity index (χ1v) is 15.4. The third-order valence-corrected chi connectivity index (χ3v) is 9.25. The molecule has 0 radical (unpaired) electrons. The maximum Gasteiger partial charge on any atom is 0.335 e. The zero-order valence-corrected chi connectivity index (χ0v) is 24.5. The number of hydrogen-bond acceptors (Lipinski definition) is 6. The minimum atomic E-state index is -0.933. The molecule has 3 aliphatic rings. The fraction of sp³-hybridized carbons (Fsp3) is 0.424. The highest BCUT2D eigenvalue weighted by Crippen LogP contribution is 2.47. The van der Waals surface area contributed by atoms with Crippen molar-refractivity contribution in [2.45, 2.75) is 63.3 Å². The molecular formula is C33H34ClFN4O4. The molecule has 224 valence electrons. The summed E-state index contributed by atoms with van der Waals surface area (Å²) in [5.41, 5.74) is 3.40. The molecule has 2 aromatic carbocycles. The van der Waals surface area contributed by atoms with Crippen molar-refractivity contribution in [1.29, 1.82) is 0 Å². The maximum atomic E-state index is 14.2. The molecule has 2 saturated heterocycles. The van der Waals surface area contributed by atoms with Crippen molar-refractivity contribution >= 4 is 28.6 Å². The molecule has 0 spiro atoms. The number of likely N-dealkylation sites (tertiary alicyclic amines) is 1. The van der Waals surface area contributed by atoms with Crippen molar-refractivity contribution in [3.63, 3.8) is 0 Å². The van der Waals surface area contributed by atoms with Crippen LogP contribution in [0, 0.1) is 11.7 Å². The molecule has 1 unspecified atom stereocenters. The van der Waals surface area contributed by atoms with Crippen LogP contribution in [-0.4, -0.2) is 56.3 Å². The van der Waals surface area contributed by atoms with Crippen LogP contribution in [0.15, 0.2) is 54.6 Å². The molecule has 4 heterocycles. The number of rotatable bonds is 10. The van der Waals surface area contributed by atoms with Crippen molar-refractivity contribution in [1.82, 2.24) is 19.4 Å². The Kier molecular flexibility index (Phi) is 7.80. The Hall–Kier alpha value is -3.53. The number of piperidine rings is 1. The summed E-state index contributed by atoms with van der Waals surface area (Å²) < 4.78 is 28.1. The second kappa shape index (κ2) is 11.9. The Morgan fingerprint density at radius 3 is 2.58 bits per heavy atom. The third kappa shape index (κ3) is 5.98. The summed E-state index contributed by atoms with van der Waals surface area (Å²) in [6.07, 6.45) is 5.39. The first-order valence-electron chi connectivity index (χ1n) is 15.1. The first-order chi connectivity index (χ1) is 20.9. The van der Waals surface area contributed by atoms with Gasteiger partial charge in [-0.3, -0.25) is 4.90 Å². The zero-order chi connectivity index (χ0) is 29.5. The number of benzene rings is 2. The molecule has 0 bridgehead atoms. The summed E-state index contributed by atoms with van der Waals surface area (Å²) in [4.78, 5) is 24.2. The fourth-order valence-corrected chi connectivity index (χ4v) is 6.57. The lowest BCUT2D eigenvalue weighted by atomic mass is 9.91. The number of nitrogens with zero attached hydrogens (tertiary/aromatic N) is 4. The minimum absolute atomic E-state index is 0.0851. The van der Waals surface area contributed by atoms with E-state index in [0.717, 1.165) is 61.5 Å². The van der Waals surface area contributed by atoms with Gasteiger partial charge in [0.25, 0.3) is 0 Å². The van der Waals surface area contributed by atoms with E-state index in [4.69, 9.17) is 31.0 Å². The van der Waals surface area contributed by atoms with Crippen LogP contribution >= 0.6 is 11.6 Å². The quantitative estimate of drug-likeness (QED) is 0.218. The van der Waals surface area contributed by atoms with E-state index in [1.54, 1.807) is 24.3 Å². The number of hydrogen-bond donors (Lipinski definition) is 1. The minimum Gasteiger partial charge on any atom is -0.478 e. The van der Waals surface area contributed by atoms with Gasteiger partial charge in [-0.1, -0.05) is 23.7 Å². The highest BCUT2D eigenvalue weighted by Gasteiger charge is 2.41. The van der Waals surface area contributed by atoms with Gasteiger partial charge < -0.3 is 19.1 Å². The zero-order valence-electron chi connectivity index (χ0n) is 23.8. The maximum absolute atomic E-state index is 14.2. The second-order valence-corrected chi connectivity index (χ2v) is 12.3. The topological polar surface area (TPSA) is 89.7 Å². The molecule has 2 aliphatic heterocycles. The highest BCUT2D eigenvalue weighted by atomic mass is 35.5. The van der Waals surface area contributed by atoms with E-state index in [0.29, 0.717) is 34.8 Å². The van der Waals surface area contributed by atoms with Crippen LogP contribution in [0.2, 0.25) is 5.02 Å². The van der Waals surface area contributed by atoms with Crippen LogP contribution in [0.5, 0.6) is 5.88 Å². The van der Waals surface area contributed by atoms with E-state index in [-0.39, 0.29) is 24.3 Å². The van der Waals surface area contributed by atoms with E-state index in [9.17, 15) is 14.3 Å². The van der Waals surface area contributed by atoms with Gasteiger partial charge in [-0.25, -0.2) is 19.2 Å². The molecule has 2 atom stereocenters. The van der Waals surface area contributed by atoms with Crippen molar-refractivity contribution in [3.8, 4) is 5.88 Å². The number of pyridine rings is 1. The smallest absolute Gasteiger partial charge is 0.335 e. The lowest BCUT2D eigenvalue weighted by molar-refractivity contribution is -0.0596. The van der Waals surface area contributed by atoms with Crippen molar-refractivity contribution in [3.05, 3.63) is 88.1 Å². The van der Waals surface area contributed by atoms with Gasteiger partial charge in [-0.2, -0.15) is 0 Å². The number of halogens is 2. The summed E-state index contributed by atoms with van der Waals surface area (Å²) in [6, 6.07) is 15.8. The first kappa shape index (κ1) is 28.3. The number of imidazole rings is 1. The lowest BCUT2D eigenvalue weighted by Crippen LogP contribution is -2.39. The van der Waals surface area contributed by atoms with Crippen LogP contribution in [0.1, 0.15) is 71.5 Å². The highest BCUT2D eigenvalue weighted by molar-refractivity contribution is 6.30. The SMILES string of the molecule is O=C(O)c1ccc2nc(C(C3CC3)N3CCC(c4cccc(OCc5ccc(Cl)cc5F)n4)CC3)n(C[C@@H]3CCO3)c2c1. The molecule has 10 heteroatoms. The molecule has 7 rings (SSSR count). The van der Waals surface area contributed by atoms with E-state index >= 15 is 0 Å². The Morgan fingerprint density at radius 1 is 1.07 bits per heavy atom. The number of carbonyl (C=O) groups is 1. The molecule has 3 fully saturated rings. The number of fused-ring (bicyclic) bond motifs is 1. The molecule has 43 heavy (non-hydrogen) atoms. The van der Waals surface area contributed by atoms with E-state index < -0.39 is 11.8 Å². The summed E-state index contributed by atoms with van der Waals surface area (Å²) in [7, 11) is 0. The predicted octanol–water partition coefficient (Wildman–Crippen LogP) is 6.62. The standard InChI is InChI=1S/C33H34ClFN4O4/c34-24-8-6-23(26(35)17-24)19-43-30-3-1-2-27(36-30)20-10-13-38(14-11-20)31(21-4-5-21)32-37-28-9-7-22(33(40)41)16-29(28)39(32)18-25-12-15-42-25/h1-3,6-9,16-17,20-21,25,31H,4-5,10-15,18-19H2,(H,40,41)/t25-,31?/m0/s1. The normalized spacial score (nSPS) is 20.2. The molecule has 1 aliphatic carbocycles. The number of aromatic carboxylic acids is 1. The van der Waals surface area contributed by atoms with Crippen LogP contribution in [0.4, 0.5) is 4.39 Å². The predicted molar refractivity (Wildman–Crippen MR) is 160 cm³/mol. The van der Waals surface area contributed by atoms with Gasteiger partial charge in [-0.05, 0) is 87.5 Å². The van der Waals surface area contributed by atoms with Gasteiger partial charge >= 0.3 is 5.97 Å². The van der Waals surface area contributed by atoms with Crippen molar-refractivity contribution < 1.29 is 23.8 Å². The summed E-state index contributed by atoms with van der Waals surface area (Å²) in [5, 5.41) is 9.99. The number of carboxylic acid groups (broad SMARTS) is 1. The van der Waals surface area contributed by atoms with Gasteiger partial charge in [0.2, 0.25) is 5.88 Å². The van der Waals surface area contributed by atoms with Gasteiger partial charge in [0.15, 0.2) is 0 Å². The van der Waals surface area contributed by atoms with Gasteiger partial charge in [0.05, 0.1) is 35.3 Å². The largest absolute Gasteiger partial charge is 0.478 e. The summed E-state index contributed by atoms with van der Waals surface area (Å²) >= 11 is 5.87. The number of carboxylic acids is 1. The lowest BCUT2D eigenvalue weighted by Gasteiger charge is -2.38. The van der Waals surface area contributed by atoms with Crippen LogP contribution in [-0.2, 0) is 17.9 Å². The Balaban J connectivity index is 1.08. The summed E-state index contributed by atoms with van der Waals surface area (Å²) in [5.74, 6) is 1.02. The molecule has 1 N–H and O–H groups in total. The van der Waals surface area contributed by atoms with Crippen LogP contribution in [0.25, 0.3) is 11.0 Å². The average Bonchev–Trinajstić information content (AvgIpc) is 3.76. The fourth-order valence-electron chi connectivity index (χ4n) is 6.41. The Morgan fingerprint density at radius 2 is 1.88 bits per heavy atom.